The fourth-order valence-corrected chi connectivity index (χ4v) is 2.35. The maximum absolute atomic E-state index is 5.83. The van der Waals surface area contributed by atoms with Crippen molar-refractivity contribution in [2.75, 3.05) is 5.73 Å². The van der Waals surface area contributed by atoms with E-state index in [0.29, 0.717) is 11.0 Å². The van der Waals surface area contributed by atoms with Crippen molar-refractivity contribution in [3.63, 3.8) is 0 Å². The molecule has 0 aliphatic rings. The van der Waals surface area contributed by atoms with Crippen molar-refractivity contribution in [2.45, 2.75) is 13.8 Å². The summed E-state index contributed by atoms with van der Waals surface area (Å²) < 4.78 is 0. The van der Waals surface area contributed by atoms with Crippen LogP contribution in [0.1, 0.15) is 10.6 Å². The largest absolute Gasteiger partial charge is 0.384 e. The number of rotatable bonds is 1. The first-order chi connectivity index (χ1) is 7.06. The molecule has 0 aliphatic carbocycles. The highest BCUT2D eigenvalue weighted by Gasteiger charge is 2.08. The Morgan fingerprint density at radius 3 is 2.53 bits per heavy atom. The predicted octanol–water partition coefficient (Wildman–Crippen LogP) is 3.06. The van der Waals surface area contributed by atoms with Crippen molar-refractivity contribution in [3.8, 4) is 10.6 Å². The van der Waals surface area contributed by atoms with Gasteiger partial charge in [-0.25, -0.2) is 9.97 Å². The molecule has 0 spiro atoms. The van der Waals surface area contributed by atoms with Gasteiger partial charge in [0.1, 0.15) is 16.0 Å². The molecule has 15 heavy (non-hydrogen) atoms. The van der Waals surface area contributed by atoms with Gasteiger partial charge in [-0.15, -0.1) is 11.3 Å². The van der Waals surface area contributed by atoms with Crippen molar-refractivity contribution in [1.82, 2.24) is 9.97 Å². The number of pyridine rings is 1. The van der Waals surface area contributed by atoms with E-state index in [1.807, 2.05) is 13.8 Å². The van der Waals surface area contributed by atoms with Crippen molar-refractivity contribution < 1.29 is 0 Å². The van der Waals surface area contributed by atoms with Gasteiger partial charge in [-0.3, -0.25) is 0 Å². The van der Waals surface area contributed by atoms with Crippen LogP contribution in [0.15, 0.2) is 12.1 Å². The molecule has 0 atom stereocenters. The van der Waals surface area contributed by atoms with Gasteiger partial charge in [0, 0.05) is 10.4 Å². The number of thiazole rings is 1. The van der Waals surface area contributed by atoms with E-state index >= 15 is 0 Å². The van der Waals surface area contributed by atoms with Crippen molar-refractivity contribution in [3.05, 3.63) is 27.9 Å². The zero-order valence-electron chi connectivity index (χ0n) is 8.41. The van der Waals surface area contributed by atoms with E-state index in [4.69, 9.17) is 17.3 Å². The Balaban J connectivity index is 2.53. The second kappa shape index (κ2) is 3.79. The smallest absolute Gasteiger partial charge is 0.132 e. The number of nitrogens with zero attached hydrogens (tertiary/aromatic N) is 2. The molecule has 2 rings (SSSR count). The van der Waals surface area contributed by atoms with Crippen LogP contribution in [0.4, 0.5) is 5.82 Å². The molecule has 0 amide bonds. The van der Waals surface area contributed by atoms with Gasteiger partial charge in [-0.05, 0) is 26.0 Å². The number of aryl methyl sites for hydroxylation is 2. The number of halogens is 1. The van der Waals surface area contributed by atoms with Crippen LogP contribution in [0.3, 0.4) is 0 Å². The Morgan fingerprint density at radius 2 is 2.00 bits per heavy atom. The summed E-state index contributed by atoms with van der Waals surface area (Å²) in [6, 6.07) is 3.55. The molecule has 5 heteroatoms. The molecule has 3 nitrogen and oxygen atoms in total. The van der Waals surface area contributed by atoms with Gasteiger partial charge < -0.3 is 5.73 Å². The van der Waals surface area contributed by atoms with Crippen LogP contribution in [0.2, 0.25) is 5.15 Å². The molecule has 2 heterocycles. The van der Waals surface area contributed by atoms with Crippen LogP contribution in [-0.4, -0.2) is 9.97 Å². The molecule has 0 saturated carbocycles. The highest BCUT2D eigenvalue weighted by atomic mass is 35.5. The van der Waals surface area contributed by atoms with Crippen molar-refractivity contribution in [1.29, 1.82) is 0 Å². The second-order valence-corrected chi connectivity index (χ2v) is 4.85. The minimum absolute atomic E-state index is 0.399. The van der Waals surface area contributed by atoms with E-state index in [-0.39, 0.29) is 0 Å². The Kier molecular flexibility index (Phi) is 2.63. The summed E-state index contributed by atoms with van der Waals surface area (Å²) in [5, 5.41) is 1.33. The quantitative estimate of drug-likeness (QED) is 0.779. The van der Waals surface area contributed by atoms with Gasteiger partial charge in [0.25, 0.3) is 0 Å². The Labute approximate surface area is 96.9 Å². The molecule has 2 aromatic heterocycles. The minimum atomic E-state index is 0.399. The van der Waals surface area contributed by atoms with Gasteiger partial charge in [0.2, 0.25) is 0 Å². The number of nitrogens with two attached hydrogens (primary N) is 1. The van der Waals surface area contributed by atoms with Crippen LogP contribution in [0, 0.1) is 13.8 Å². The second-order valence-electron chi connectivity index (χ2n) is 3.26. The lowest BCUT2D eigenvalue weighted by molar-refractivity contribution is 1.23. The zero-order chi connectivity index (χ0) is 11.0. The fourth-order valence-electron chi connectivity index (χ4n) is 1.24. The fraction of sp³-hybridized carbons (Fsp3) is 0.200. The molecule has 0 aromatic carbocycles. The molecule has 0 aliphatic heterocycles. The minimum Gasteiger partial charge on any atom is -0.384 e. The third kappa shape index (κ3) is 2.11. The van der Waals surface area contributed by atoms with E-state index in [0.717, 1.165) is 16.3 Å². The maximum atomic E-state index is 5.83. The molecule has 0 radical (unpaired) electrons. The molecular formula is C10H10ClN3S. The van der Waals surface area contributed by atoms with Gasteiger partial charge in [0.05, 0.1) is 5.69 Å². The average molecular weight is 240 g/mol. The SMILES string of the molecule is Cc1nc(-c2cc(N)nc(Cl)c2)sc1C. The molecular weight excluding hydrogens is 230 g/mol. The lowest BCUT2D eigenvalue weighted by Gasteiger charge is -1.98. The van der Waals surface area contributed by atoms with Crippen LogP contribution < -0.4 is 5.73 Å². The van der Waals surface area contributed by atoms with E-state index in [1.54, 1.807) is 23.5 Å². The zero-order valence-corrected chi connectivity index (χ0v) is 9.99. The van der Waals surface area contributed by atoms with Crippen LogP contribution in [0.5, 0.6) is 0 Å². The number of anilines is 1. The number of hydrogen-bond acceptors (Lipinski definition) is 4. The first-order valence-corrected chi connectivity index (χ1v) is 5.63. The van der Waals surface area contributed by atoms with E-state index in [1.165, 1.54) is 4.88 Å². The molecule has 0 unspecified atom stereocenters. The molecule has 0 saturated heterocycles. The number of nitrogen functional groups attached to an aromatic ring is 1. The number of hydrogen-bond donors (Lipinski definition) is 1. The Morgan fingerprint density at radius 1 is 1.27 bits per heavy atom. The van der Waals surface area contributed by atoms with Crippen LogP contribution in [0.25, 0.3) is 10.6 Å². The van der Waals surface area contributed by atoms with Crippen molar-refractivity contribution >= 4 is 28.8 Å². The summed E-state index contributed by atoms with van der Waals surface area (Å²) in [4.78, 5) is 9.55. The summed E-state index contributed by atoms with van der Waals surface area (Å²) in [6.07, 6.45) is 0. The normalized spacial score (nSPS) is 10.6. The summed E-state index contributed by atoms with van der Waals surface area (Å²) in [5.41, 5.74) is 7.59. The first kappa shape index (κ1) is 10.4. The summed E-state index contributed by atoms with van der Waals surface area (Å²) >= 11 is 7.46. The third-order valence-electron chi connectivity index (χ3n) is 2.09. The van der Waals surface area contributed by atoms with Crippen LogP contribution >= 0.6 is 22.9 Å². The topological polar surface area (TPSA) is 51.8 Å². The number of aromatic nitrogens is 2. The Bertz CT molecular complexity index is 468. The van der Waals surface area contributed by atoms with Crippen LogP contribution in [-0.2, 0) is 0 Å². The van der Waals surface area contributed by atoms with Gasteiger partial charge in [0.15, 0.2) is 0 Å². The lowest BCUT2D eigenvalue weighted by Crippen LogP contribution is -1.90. The van der Waals surface area contributed by atoms with Gasteiger partial charge in [-0.1, -0.05) is 11.6 Å². The van der Waals surface area contributed by atoms with Gasteiger partial charge >= 0.3 is 0 Å². The van der Waals surface area contributed by atoms with Crippen molar-refractivity contribution in [2.24, 2.45) is 0 Å². The lowest BCUT2D eigenvalue weighted by atomic mass is 10.3. The van der Waals surface area contributed by atoms with E-state index < -0.39 is 0 Å². The standard InChI is InChI=1S/C10H10ClN3S/c1-5-6(2)15-10(13-5)7-3-8(11)14-9(12)4-7/h3-4H,1-2H3,(H2,12,14). The molecule has 78 valence electrons. The highest BCUT2D eigenvalue weighted by Crippen LogP contribution is 2.29. The third-order valence-corrected chi connectivity index (χ3v) is 3.40. The summed E-state index contributed by atoms with van der Waals surface area (Å²) in [7, 11) is 0. The predicted molar refractivity (Wildman–Crippen MR) is 64.2 cm³/mol. The average Bonchev–Trinajstić information content (AvgIpc) is 2.45. The van der Waals surface area contributed by atoms with E-state index in [2.05, 4.69) is 9.97 Å². The summed E-state index contributed by atoms with van der Waals surface area (Å²) in [5.74, 6) is 0.419. The first-order valence-electron chi connectivity index (χ1n) is 4.44. The Hall–Kier alpha value is -1.13. The molecule has 0 fully saturated rings. The molecule has 2 N–H and O–H groups in total. The molecule has 2 aromatic rings. The summed E-state index contributed by atoms with van der Waals surface area (Å²) in [6.45, 7) is 4.03. The highest BCUT2D eigenvalue weighted by molar-refractivity contribution is 7.15. The van der Waals surface area contributed by atoms with Gasteiger partial charge in [-0.2, -0.15) is 0 Å². The molecule has 0 bridgehead atoms. The monoisotopic (exact) mass is 239 g/mol. The maximum Gasteiger partial charge on any atom is 0.132 e. The van der Waals surface area contributed by atoms with E-state index in [9.17, 15) is 0 Å².